The minimum absolute atomic E-state index is 0.0238. The summed E-state index contributed by atoms with van der Waals surface area (Å²) >= 11 is 9.06. The fourth-order valence-electron chi connectivity index (χ4n) is 2.92. The number of carbonyl (C=O) groups is 1. The molecule has 31 heavy (non-hydrogen) atoms. The number of hydrogen-bond donors (Lipinski definition) is 2. The number of hydrogen-bond acceptors (Lipinski definition) is 6. The average molecular weight is 528 g/mol. The van der Waals surface area contributed by atoms with Gasteiger partial charge in [0.2, 0.25) is 13.2 Å². The zero-order chi connectivity index (χ0) is 22.6. The average Bonchev–Trinajstić information content (AvgIpc) is 3.05. The van der Waals surface area contributed by atoms with Crippen LogP contribution in [0.15, 0.2) is 57.2 Å². The van der Waals surface area contributed by atoms with E-state index in [2.05, 4.69) is 31.1 Å². The second kappa shape index (κ2) is 9.96. The molecule has 0 aliphatic rings. The maximum absolute atomic E-state index is 13.5. The van der Waals surface area contributed by atoms with Crippen LogP contribution < -0.4 is 10.2 Å². The minimum atomic E-state index is -3.55. The van der Waals surface area contributed by atoms with Crippen molar-refractivity contribution in [1.29, 1.82) is 0 Å². The summed E-state index contributed by atoms with van der Waals surface area (Å²) < 4.78 is 19.8. The van der Waals surface area contributed by atoms with E-state index in [4.69, 9.17) is 16.1 Å². The van der Waals surface area contributed by atoms with Gasteiger partial charge in [0.05, 0.1) is 12.1 Å². The molecule has 3 rings (SSSR count). The van der Waals surface area contributed by atoms with Gasteiger partial charge in [-0.05, 0) is 42.5 Å². The maximum atomic E-state index is 13.5. The summed E-state index contributed by atoms with van der Waals surface area (Å²) in [5.74, 6) is -0.822. The standard InChI is InChI=1S/C20H21BrClN4O4P/c1-26(2)14-4-6-15(7-5-14)31(29,30-10-9-22)12-18(27)24-25-19-16-11-13(21)3-8-17(16)23-20(19)28/h3-8,11,23,28H,9-10,12H2,1-2H3. The second-order valence-corrected chi connectivity index (χ2v) is 10.6. The van der Waals surface area contributed by atoms with Gasteiger partial charge in [-0.25, -0.2) is 0 Å². The van der Waals surface area contributed by atoms with Gasteiger partial charge in [-0.15, -0.1) is 21.8 Å². The predicted octanol–water partition coefficient (Wildman–Crippen LogP) is 5.17. The molecule has 0 bridgehead atoms. The van der Waals surface area contributed by atoms with Crippen molar-refractivity contribution < 1.29 is 19.0 Å². The number of alkyl halides is 1. The highest BCUT2D eigenvalue weighted by molar-refractivity contribution is 9.10. The van der Waals surface area contributed by atoms with E-state index in [1.165, 1.54) is 0 Å². The molecule has 2 N–H and O–H groups in total. The number of fused-ring (bicyclic) bond motifs is 1. The quantitative estimate of drug-likeness (QED) is 0.239. The normalized spacial score (nSPS) is 13.5. The number of nitrogens with one attached hydrogen (secondary N) is 1. The molecule has 1 unspecified atom stereocenters. The predicted molar refractivity (Wildman–Crippen MR) is 127 cm³/mol. The summed E-state index contributed by atoms with van der Waals surface area (Å²) in [7, 11) is 0.227. The molecule has 1 amide bonds. The Labute approximate surface area is 192 Å². The van der Waals surface area contributed by atoms with Crippen molar-refractivity contribution in [2.24, 2.45) is 10.2 Å². The van der Waals surface area contributed by atoms with Crippen LogP contribution in [0.1, 0.15) is 0 Å². The van der Waals surface area contributed by atoms with Crippen LogP contribution in [0.3, 0.4) is 0 Å². The molecule has 0 saturated carbocycles. The number of nitrogens with zero attached hydrogens (tertiary/aromatic N) is 3. The first-order valence-corrected chi connectivity index (χ1v) is 12.4. The third-order valence-corrected chi connectivity index (χ3v) is 7.47. The van der Waals surface area contributed by atoms with Crippen LogP contribution in [0.25, 0.3) is 10.9 Å². The number of carbonyl (C=O) groups excluding carboxylic acids is 1. The van der Waals surface area contributed by atoms with E-state index >= 15 is 0 Å². The Hall–Kier alpha value is -2.19. The van der Waals surface area contributed by atoms with Gasteiger partial charge >= 0.3 is 0 Å². The Balaban J connectivity index is 1.85. The van der Waals surface area contributed by atoms with Gasteiger partial charge in [-0.3, -0.25) is 9.36 Å². The van der Waals surface area contributed by atoms with Gasteiger partial charge in [-0.1, -0.05) is 15.9 Å². The lowest BCUT2D eigenvalue weighted by Gasteiger charge is -2.18. The summed E-state index contributed by atoms with van der Waals surface area (Å²) in [6, 6.07) is 12.2. The summed E-state index contributed by atoms with van der Waals surface area (Å²) in [6.45, 7) is 0.0238. The van der Waals surface area contributed by atoms with Crippen LogP contribution >= 0.6 is 34.9 Å². The molecule has 0 aliphatic carbocycles. The Morgan fingerprint density at radius 2 is 1.97 bits per heavy atom. The molecule has 2 aromatic carbocycles. The molecule has 8 nitrogen and oxygen atoms in total. The van der Waals surface area contributed by atoms with E-state index in [0.717, 1.165) is 10.2 Å². The lowest BCUT2D eigenvalue weighted by atomic mass is 10.2. The van der Waals surface area contributed by atoms with Crippen LogP contribution in [-0.2, 0) is 13.9 Å². The first kappa shape index (κ1) is 23.5. The molecular weight excluding hydrogens is 507 g/mol. The van der Waals surface area contributed by atoms with Crippen molar-refractivity contribution >= 4 is 68.4 Å². The minimum Gasteiger partial charge on any atom is -0.493 e. The van der Waals surface area contributed by atoms with Gasteiger partial charge in [0.1, 0.15) is 6.16 Å². The fraction of sp³-hybridized carbons (Fsp3) is 0.250. The smallest absolute Gasteiger partial charge is 0.274 e. The molecule has 11 heteroatoms. The Bertz CT molecular complexity index is 1160. The number of halogens is 2. The van der Waals surface area contributed by atoms with E-state index in [-0.39, 0.29) is 24.1 Å². The van der Waals surface area contributed by atoms with Gasteiger partial charge < -0.3 is 19.5 Å². The van der Waals surface area contributed by atoms with Crippen LogP contribution in [0.4, 0.5) is 11.4 Å². The van der Waals surface area contributed by atoms with E-state index in [9.17, 15) is 14.5 Å². The topological polar surface area (TPSA) is 107 Å². The fourth-order valence-corrected chi connectivity index (χ4v) is 5.30. The van der Waals surface area contributed by atoms with Crippen LogP contribution in [0.5, 0.6) is 5.88 Å². The zero-order valence-corrected chi connectivity index (χ0v) is 20.1. The molecule has 0 saturated heterocycles. The van der Waals surface area contributed by atoms with Crippen LogP contribution in [-0.4, -0.2) is 48.7 Å². The van der Waals surface area contributed by atoms with Crippen molar-refractivity contribution in [2.45, 2.75) is 0 Å². The summed E-state index contributed by atoms with van der Waals surface area (Å²) in [4.78, 5) is 17.2. The van der Waals surface area contributed by atoms with E-state index < -0.39 is 19.4 Å². The molecular formula is C20H21BrClN4O4P. The SMILES string of the molecule is CN(C)c1ccc(P(=O)(CC(=O)N=Nc2c(O)[nH]c3ccc(Br)cc23)OCCCl)cc1. The first-order chi connectivity index (χ1) is 14.7. The molecule has 0 radical (unpaired) electrons. The third-order valence-electron chi connectivity index (χ3n) is 4.46. The highest BCUT2D eigenvalue weighted by atomic mass is 79.9. The Morgan fingerprint density at radius 1 is 1.26 bits per heavy atom. The highest BCUT2D eigenvalue weighted by Gasteiger charge is 2.30. The number of azo groups is 1. The van der Waals surface area contributed by atoms with Gasteiger partial charge in [0.25, 0.3) is 5.91 Å². The summed E-state index contributed by atoms with van der Waals surface area (Å²) in [6.07, 6.45) is -0.471. The zero-order valence-electron chi connectivity index (χ0n) is 16.9. The van der Waals surface area contributed by atoms with Crippen molar-refractivity contribution in [3.63, 3.8) is 0 Å². The largest absolute Gasteiger partial charge is 0.493 e. The summed E-state index contributed by atoms with van der Waals surface area (Å²) in [5.41, 5.74) is 1.68. The highest BCUT2D eigenvalue weighted by Crippen LogP contribution is 2.46. The van der Waals surface area contributed by atoms with Gasteiger partial charge in [0, 0.05) is 40.8 Å². The second-order valence-electron chi connectivity index (χ2n) is 6.87. The van der Waals surface area contributed by atoms with E-state index in [1.807, 2.05) is 19.0 Å². The molecule has 1 atom stereocenters. The molecule has 1 aromatic heterocycles. The van der Waals surface area contributed by atoms with E-state index in [1.54, 1.807) is 42.5 Å². The maximum Gasteiger partial charge on any atom is 0.274 e. The number of aromatic amines is 1. The molecule has 0 aliphatic heterocycles. The van der Waals surface area contributed by atoms with Crippen molar-refractivity contribution in [3.8, 4) is 5.88 Å². The molecule has 3 aromatic rings. The molecule has 0 spiro atoms. The van der Waals surface area contributed by atoms with Crippen molar-refractivity contribution in [3.05, 3.63) is 46.9 Å². The third kappa shape index (κ3) is 5.54. The molecule has 1 heterocycles. The number of rotatable bonds is 8. The van der Waals surface area contributed by atoms with Gasteiger partial charge in [-0.2, -0.15) is 0 Å². The van der Waals surface area contributed by atoms with Crippen LogP contribution in [0.2, 0.25) is 0 Å². The van der Waals surface area contributed by atoms with E-state index in [0.29, 0.717) is 16.2 Å². The number of amides is 1. The summed E-state index contributed by atoms with van der Waals surface area (Å²) in [5, 5.41) is 18.6. The number of aromatic hydroxyl groups is 1. The lowest BCUT2D eigenvalue weighted by Crippen LogP contribution is -2.17. The first-order valence-electron chi connectivity index (χ1n) is 9.26. The molecule has 164 valence electrons. The van der Waals surface area contributed by atoms with Crippen molar-refractivity contribution in [2.75, 3.05) is 37.6 Å². The monoisotopic (exact) mass is 526 g/mol. The Kier molecular flexibility index (Phi) is 7.54. The number of aromatic nitrogens is 1. The molecule has 0 fully saturated rings. The Morgan fingerprint density at radius 3 is 2.61 bits per heavy atom. The lowest BCUT2D eigenvalue weighted by molar-refractivity contribution is -0.116. The number of benzene rings is 2. The van der Waals surface area contributed by atoms with Gasteiger partial charge in [0.15, 0.2) is 5.69 Å². The number of H-pyrrole nitrogens is 1. The van der Waals surface area contributed by atoms with Crippen molar-refractivity contribution in [1.82, 2.24) is 4.98 Å². The number of anilines is 1. The van der Waals surface area contributed by atoms with Crippen LogP contribution in [0, 0.1) is 0 Å².